The van der Waals surface area contributed by atoms with Crippen LogP contribution in [0.4, 0.5) is 4.79 Å². The topological polar surface area (TPSA) is 66.9 Å². The molecule has 1 aliphatic heterocycles. The van der Waals surface area contributed by atoms with Crippen molar-refractivity contribution in [1.29, 1.82) is 0 Å². The molecule has 1 saturated heterocycles. The number of carbonyl (C=O) groups excluding carboxylic acids is 2. The number of hydrogen-bond acceptors (Lipinski definition) is 4. The van der Waals surface area contributed by atoms with Crippen molar-refractivity contribution in [2.75, 3.05) is 20.3 Å². The molecule has 2 fully saturated rings. The Morgan fingerprint density at radius 3 is 2.39 bits per heavy atom. The Morgan fingerprint density at radius 2 is 1.89 bits per heavy atom. The van der Waals surface area contributed by atoms with Gasteiger partial charge in [0.05, 0.1) is 6.61 Å². The van der Waals surface area contributed by atoms with Crippen molar-refractivity contribution < 1.29 is 18.7 Å². The van der Waals surface area contributed by atoms with Crippen LogP contribution in [0.2, 0.25) is 0 Å². The Bertz CT molecular complexity index is 431. The molecule has 0 aromatic heterocycles. The molecule has 1 heterocycles. The summed E-state index contributed by atoms with van der Waals surface area (Å²) in [4.78, 5) is 25.5. The van der Waals surface area contributed by atoms with Gasteiger partial charge < -0.3 is 4.52 Å². The fraction of sp³-hybridized carbons (Fsp3) is 0.818. The molecule has 7 heteroatoms. The molecule has 1 aliphatic carbocycles. The van der Waals surface area contributed by atoms with E-state index in [0.29, 0.717) is 12.8 Å². The van der Waals surface area contributed by atoms with Gasteiger partial charge in [0.25, 0.3) is 13.4 Å². The fourth-order valence-electron chi connectivity index (χ4n) is 3.00. The summed E-state index contributed by atoms with van der Waals surface area (Å²) in [6.07, 6.45) is 2.89. The van der Waals surface area contributed by atoms with E-state index in [0.717, 1.165) is 17.7 Å². The molecule has 102 valence electrons. The number of rotatable bonds is 3. The van der Waals surface area contributed by atoms with E-state index in [1.54, 1.807) is 6.92 Å². The monoisotopic (exact) mass is 274 g/mol. The number of hydrogen-bond donors (Lipinski definition) is 0. The van der Waals surface area contributed by atoms with Crippen molar-refractivity contribution in [3.8, 4) is 0 Å². The second-order valence-electron chi connectivity index (χ2n) is 4.92. The minimum Gasteiger partial charge on any atom is -0.314 e. The quantitative estimate of drug-likeness (QED) is 0.583. The third kappa shape index (κ3) is 1.70. The average molecular weight is 274 g/mol. The molecule has 1 unspecified atom stereocenters. The van der Waals surface area contributed by atoms with E-state index < -0.39 is 19.1 Å². The first kappa shape index (κ1) is 13.6. The van der Waals surface area contributed by atoms with E-state index in [4.69, 9.17) is 4.52 Å². The predicted octanol–water partition coefficient (Wildman–Crippen LogP) is 2.05. The van der Waals surface area contributed by atoms with Gasteiger partial charge in [0.15, 0.2) is 0 Å². The molecule has 6 nitrogen and oxygen atoms in total. The lowest BCUT2D eigenvalue weighted by Crippen LogP contribution is -2.45. The molecule has 2 aliphatic rings. The molecule has 0 N–H and O–H groups in total. The predicted molar refractivity (Wildman–Crippen MR) is 66.4 cm³/mol. The van der Waals surface area contributed by atoms with Gasteiger partial charge in [-0.2, -0.15) is 0 Å². The Hall–Kier alpha value is -0.870. The van der Waals surface area contributed by atoms with E-state index >= 15 is 0 Å². The van der Waals surface area contributed by atoms with E-state index in [-0.39, 0.29) is 12.5 Å². The van der Waals surface area contributed by atoms with Crippen molar-refractivity contribution in [3.63, 3.8) is 0 Å². The Labute approximate surface area is 107 Å². The van der Waals surface area contributed by atoms with Crippen molar-refractivity contribution in [3.05, 3.63) is 0 Å². The highest BCUT2D eigenvalue weighted by Gasteiger charge is 2.61. The van der Waals surface area contributed by atoms with Crippen LogP contribution in [-0.4, -0.2) is 47.4 Å². The highest BCUT2D eigenvalue weighted by Crippen LogP contribution is 2.58. The second kappa shape index (κ2) is 4.35. The summed E-state index contributed by atoms with van der Waals surface area (Å²) in [6, 6.07) is -0.499. The normalized spacial score (nSPS) is 26.2. The van der Waals surface area contributed by atoms with Crippen LogP contribution in [0.1, 0.15) is 32.6 Å². The van der Waals surface area contributed by atoms with Crippen molar-refractivity contribution >= 4 is 19.5 Å². The molecular weight excluding hydrogens is 255 g/mol. The summed E-state index contributed by atoms with van der Waals surface area (Å²) >= 11 is 0. The third-order valence-corrected chi connectivity index (χ3v) is 5.76. The minimum atomic E-state index is -3.26. The third-order valence-electron chi connectivity index (χ3n) is 3.74. The van der Waals surface area contributed by atoms with E-state index in [2.05, 4.69) is 0 Å². The van der Waals surface area contributed by atoms with Gasteiger partial charge in [-0.15, -0.1) is 0 Å². The van der Waals surface area contributed by atoms with Crippen LogP contribution in [0.3, 0.4) is 0 Å². The molecule has 1 saturated carbocycles. The lowest BCUT2D eigenvalue weighted by molar-refractivity contribution is -0.131. The molecule has 2 rings (SSSR count). The molecule has 1 spiro atoms. The van der Waals surface area contributed by atoms with Crippen LogP contribution in [0, 0.1) is 0 Å². The average Bonchev–Trinajstić information content (AvgIpc) is 2.82. The zero-order valence-electron chi connectivity index (χ0n) is 11.0. The van der Waals surface area contributed by atoms with Gasteiger partial charge in [0.2, 0.25) is 0 Å². The first-order valence-electron chi connectivity index (χ1n) is 6.22. The van der Waals surface area contributed by atoms with Crippen molar-refractivity contribution in [2.24, 2.45) is 0 Å². The molecule has 3 amide bonds. The first-order valence-corrected chi connectivity index (χ1v) is 8.24. The smallest absolute Gasteiger partial charge is 0.314 e. The standard InChI is InChI=1S/C11H19N2O4P/c1-4-17-18(3,16)13-10(15)12(2)9(14)11(13)7-5-6-8-11/h4-8H2,1-3H3. The summed E-state index contributed by atoms with van der Waals surface area (Å²) in [5.41, 5.74) is -0.925. The van der Waals surface area contributed by atoms with Gasteiger partial charge in [-0.25, -0.2) is 9.46 Å². The molecule has 0 aromatic carbocycles. The lowest BCUT2D eigenvalue weighted by atomic mass is 9.98. The zero-order valence-corrected chi connectivity index (χ0v) is 11.9. The van der Waals surface area contributed by atoms with E-state index in [1.165, 1.54) is 18.4 Å². The summed E-state index contributed by atoms with van der Waals surface area (Å²) in [5, 5.41) is 0. The van der Waals surface area contributed by atoms with Gasteiger partial charge in [0, 0.05) is 13.7 Å². The number of imide groups is 1. The molecule has 18 heavy (non-hydrogen) atoms. The number of likely N-dealkylation sites (N-methyl/N-ethyl adjacent to an activating group) is 1. The molecule has 0 bridgehead atoms. The summed E-state index contributed by atoms with van der Waals surface area (Å²) < 4.78 is 19.1. The van der Waals surface area contributed by atoms with Crippen LogP contribution in [-0.2, 0) is 13.9 Å². The van der Waals surface area contributed by atoms with Crippen molar-refractivity contribution in [2.45, 2.75) is 38.1 Å². The second-order valence-corrected chi connectivity index (χ2v) is 7.18. The maximum absolute atomic E-state index is 12.6. The zero-order chi connectivity index (χ0) is 13.6. The number of carbonyl (C=O) groups is 2. The van der Waals surface area contributed by atoms with Gasteiger partial charge in [-0.3, -0.25) is 14.3 Å². The van der Waals surface area contributed by atoms with Crippen molar-refractivity contribution in [1.82, 2.24) is 9.57 Å². The SMILES string of the molecule is CCOP(C)(=O)N1C(=O)N(C)C(=O)C12CCCC2. The summed E-state index contributed by atoms with van der Waals surface area (Å²) in [5.74, 6) is -0.244. The summed E-state index contributed by atoms with van der Waals surface area (Å²) in [6.45, 7) is 3.40. The van der Waals surface area contributed by atoms with E-state index in [9.17, 15) is 14.2 Å². The first-order chi connectivity index (χ1) is 8.37. The molecule has 0 radical (unpaired) electrons. The van der Waals surface area contributed by atoms with Gasteiger partial charge in [0.1, 0.15) is 5.54 Å². The molecule has 1 atom stereocenters. The van der Waals surface area contributed by atoms with E-state index in [1.807, 2.05) is 0 Å². The molecular formula is C11H19N2O4P. The Kier molecular flexibility index (Phi) is 3.28. The van der Waals surface area contributed by atoms with Crippen LogP contribution in [0.15, 0.2) is 0 Å². The van der Waals surface area contributed by atoms with Gasteiger partial charge >= 0.3 is 6.03 Å². The lowest BCUT2D eigenvalue weighted by Gasteiger charge is -2.34. The molecule has 0 aromatic rings. The fourth-order valence-corrected chi connectivity index (χ4v) is 5.02. The van der Waals surface area contributed by atoms with Gasteiger partial charge in [-0.05, 0) is 19.8 Å². The highest BCUT2D eigenvalue weighted by atomic mass is 31.2. The highest BCUT2D eigenvalue weighted by molar-refractivity contribution is 7.56. The van der Waals surface area contributed by atoms with Gasteiger partial charge in [-0.1, -0.05) is 12.8 Å². The van der Waals surface area contributed by atoms with Crippen LogP contribution < -0.4 is 0 Å². The maximum atomic E-state index is 12.6. The number of amides is 3. The van der Waals surface area contributed by atoms with Crippen LogP contribution in [0.25, 0.3) is 0 Å². The Morgan fingerprint density at radius 1 is 1.33 bits per heavy atom. The Balaban J connectivity index is 2.46. The van der Waals surface area contributed by atoms with Crippen LogP contribution in [0.5, 0.6) is 0 Å². The minimum absolute atomic E-state index is 0.244. The maximum Gasteiger partial charge on any atom is 0.334 e. The largest absolute Gasteiger partial charge is 0.334 e. The summed E-state index contributed by atoms with van der Waals surface area (Å²) in [7, 11) is -1.82. The van der Waals surface area contributed by atoms with Crippen LogP contribution >= 0.6 is 7.52 Å². The number of urea groups is 1. The number of nitrogens with zero attached hydrogens (tertiary/aromatic N) is 2.